The third kappa shape index (κ3) is 4.77. The maximum Gasteiger partial charge on any atom is 0.229 e. The average molecular weight is 374 g/mol. The number of unbranched alkanes of at least 4 members (excludes halogenated alkanes) is 1. The number of thiazole rings is 1. The molecule has 8 heteroatoms. The van der Waals surface area contributed by atoms with Crippen molar-refractivity contribution < 1.29 is 13.2 Å². The summed E-state index contributed by atoms with van der Waals surface area (Å²) in [5.41, 5.74) is 1.02. The third-order valence-electron chi connectivity index (χ3n) is 4.43. The van der Waals surface area contributed by atoms with Crippen LogP contribution in [0.1, 0.15) is 50.1 Å². The van der Waals surface area contributed by atoms with E-state index in [1.807, 2.05) is 20.8 Å². The molecule has 0 radical (unpaired) electrons. The van der Waals surface area contributed by atoms with Crippen molar-refractivity contribution in [2.24, 2.45) is 5.92 Å². The second kappa shape index (κ2) is 8.40. The predicted octanol–water partition coefficient (Wildman–Crippen LogP) is 2.79. The molecule has 6 nitrogen and oxygen atoms in total. The number of rotatable bonds is 7. The summed E-state index contributed by atoms with van der Waals surface area (Å²) in [4.78, 5) is 18.0. The predicted molar refractivity (Wildman–Crippen MR) is 97.9 cm³/mol. The van der Waals surface area contributed by atoms with Gasteiger partial charge >= 0.3 is 0 Å². The van der Waals surface area contributed by atoms with Gasteiger partial charge < -0.3 is 5.32 Å². The Balaban J connectivity index is 1.88. The lowest BCUT2D eigenvalue weighted by Gasteiger charge is -2.30. The molecule has 0 saturated carbocycles. The maximum atomic E-state index is 12.4. The highest BCUT2D eigenvalue weighted by molar-refractivity contribution is 7.89. The number of nitrogens with one attached hydrogen (secondary N) is 1. The Morgan fingerprint density at radius 2 is 2.00 bits per heavy atom. The van der Waals surface area contributed by atoms with Crippen molar-refractivity contribution in [3.8, 4) is 0 Å². The molecule has 0 atom stereocenters. The minimum absolute atomic E-state index is 0.0444. The molecule has 0 aliphatic carbocycles. The standard InChI is InChI=1S/C16H27N3O3S2/c1-4-6-11-24(21,22)19-9-7-13(8-10-19)15(20)18-16-17-14(5-2)12(3)23-16/h13H,4-11H2,1-3H3,(H,17,18,20). The van der Waals surface area contributed by atoms with Crippen LogP contribution in [0.3, 0.4) is 0 Å². The molecule has 0 aromatic carbocycles. The monoisotopic (exact) mass is 373 g/mol. The van der Waals surface area contributed by atoms with Crippen molar-refractivity contribution in [1.29, 1.82) is 0 Å². The zero-order valence-corrected chi connectivity index (χ0v) is 16.3. The van der Waals surface area contributed by atoms with Crippen LogP contribution in [0.15, 0.2) is 0 Å². The third-order valence-corrected chi connectivity index (χ3v) is 7.32. The number of hydrogen-bond acceptors (Lipinski definition) is 5. The lowest BCUT2D eigenvalue weighted by Crippen LogP contribution is -2.42. The zero-order chi connectivity index (χ0) is 17.7. The Morgan fingerprint density at radius 3 is 2.54 bits per heavy atom. The highest BCUT2D eigenvalue weighted by Crippen LogP contribution is 2.25. The molecule has 1 saturated heterocycles. The van der Waals surface area contributed by atoms with Crippen LogP contribution >= 0.6 is 11.3 Å². The first-order valence-electron chi connectivity index (χ1n) is 8.62. The quantitative estimate of drug-likeness (QED) is 0.797. The first-order valence-corrected chi connectivity index (χ1v) is 11.0. The number of carbonyl (C=O) groups is 1. The number of aromatic nitrogens is 1. The number of aryl methyl sites for hydroxylation is 2. The van der Waals surface area contributed by atoms with E-state index in [1.165, 1.54) is 15.6 Å². The van der Waals surface area contributed by atoms with E-state index >= 15 is 0 Å². The van der Waals surface area contributed by atoms with E-state index in [4.69, 9.17) is 0 Å². The number of amides is 1. The summed E-state index contributed by atoms with van der Waals surface area (Å²) in [6, 6.07) is 0. The van der Waals surface area contributed by atoms with Crippen molar-refractivity contribution in [2.45, 2.75) is 52.9 Å². The Morgan fingerprint density at radius 1 is 1.33 bits per heavy atom. The fourth-order valence-corrected chi connectivity index (χ4v) is 5.45. The number of nitrogens with zero attached hydrogens (tertiary/aromatic N) is 2. The first-order chi connectivity index (χ1) is 11.4. The molecule has 1 aliphatic rings. The van der Waals surface area contributed by atoms with Crippen LogP contribution in [-0.2, 0) is 21.2 Å². The number of hydrogen-bond donors (Lipinski definition) is 1. The largest absolute Gasteiger partial charge is 0.302 e. The smallest absolute Gasteiger partial charge is 0.229 e. The van der Waals surface area contributed by atoms with Crippen LogP contribution in [0.4, 0.5) is 5.13 Å². The van der Waals surface area contributed by atoms with Gasteiger partial charge in [0.1, 0.15) is 0 Å². The normalized spacial score (nSPS) is 17.1. The van der Waals surface area contributed by atoms with Crippen LogP contribution < -0.4 is 5.32 Å². The van der Waals surface area contributed by atoms with Crippen molar-refractivity contribution in [1.82, 2.24) is 9.29 Å². The van der Waals surface area contributed by atoms with E-state index in [2.05, 4.69) is 10.3 Å². The van der Waals surface area contributed by atoms with Gasteiger partial charge in [-0.3, -0.25) is 4.79 Å². The van der Waals surface area contributed by atoms with Gasteiger partial charge in [0.2, 0.25) is 15.9 Å². The van der Waals surface area contributed by atoms with Crippen molar-refractivity contribution in [3.05, 3.63) is 10.6 Å². The van der Waals surface area contributed by atoms with Gasteiger partial charge in [0.05, 0.1) is 11.4 Å². The second-order valence-corrected chi connectivity index (χ2v) is 9.50. The van der Waals surface area contributed by atoms with E-state index in [9.17, 15) is 13.2 Å². The summed E-state index contributed by atoms with van der Waals surface area (Å²) in [5.74, 6) is 0.0207. The molecule has 1 aromatic heterocycles. The molecule has 1 aliphatic heterocycles. The first kappa shape index (κ1) is 19.3. The SMILES string of the molecule is CCCCS(=O)(=O)N1CCC(C(=O)Nc2nc(CC)c(C)s2)CC1. The number of piperidine rings is 1. The molecule has 2 rings (SSSR count). The summed E-state index contributed by atoms with van der Waals surface area (Å²) in [5, 5.41) is 3.54. The van der Waals surface area contributed by atoms with Gasteiger partial charge in [-0.25, -0.2) is 17.7 Å². The average Bonchev–Trinajstić information content (AvgIpc) is 2.92. The highest BCUT2D eigenvalue weighted by Gasteiger charge is 2.31. The van der Waals surface area contributed by atoms with Crippen molar-refractivity contribution in [3.63, 3.8) is 0 Å². The fourth-order valence-electron chi connectivity index (χ4n) is 2.87. The summed E-state index contributed by atoms with van der Waals surface area (Å²) in [6.07, 6.45) is 3.55. The fraction of sp³-hybridized carbons (Fsp3) is 0.750. The summed E-state index contributed by atoms with van der Waals surface area (Å²) >= 11 is 1.50. The summed E-state index contributed by atoms with van der Waals surface area (Å²) < 4.78 is 25.9. The van der Waals surface area contributed by atoms with Gasteiger partial charge in [-0.15, -0.1) is 11.3 Å². The van der Waals surface area contributed by atoms with Crippen molar-refractivity contribution >= 4 is 32.4 Å². The van der Waals surface area contributed by atoms with E-state index in [0.29, 0.717) is 37.5 Å². The molecule has 0 bridgehead atoms. The van der Waals surface area contributed by atoms with Crippen LogP contribution in [0.2, 0.25) is 0 Å². The molecule has 2 heterocycles. The van der Waals surface area contributed by atoms with Crippen LogP contribution in [0, 0.1) is 12.8 Å². The maximum absolute atomic E-state index is 12.4. The van der Waals surface area contributed by atoms with E-state index in [-0.39, 0.29) is 17.6 Å². The Hall–Kier alpha value is -0.990. The van der Waals surface area contributed by atoms with Gasteiger partial charge in [0.15, 0.2) is 5.13 Å². The van der Waals surface area contributed by atoms with Gasteiger partial charge in [0.25, 0.3) is 0 Å². The summed E-state index contributed by atoms with van der Waals surface area (Å²) in [6.45, 7) is 6.90. The van der Waals surface area contributed by atoms with Crippen LogP contribution in [-0.4, -0.2) is 42.5 Å². The van der Waals surface area contributed by atoms with E-state index < -0.39 is 10.0 Å². The molecule has 0 spiro atoms. The Kier molecular flexibility index (Phi) is 6.77. The summed E-state index contributed by atoms with van der Waals surface area (Å²) in [7, 11) is -3.17. The Labute approximate surface area is 148 Å². The molecule has 24 heavy (non-hydrogen) atoms. The van der Waals surface area contributed by atoms with Gasteiger partial charge in [0, 0.05) is 23.9 Å². The minimum atomic E-state index is -3.17. The topological polar surface area (TPSA) is 79.4 Å². The second-order valence-electron chi connectivity index (χ2n) is 6.21. The lowest BCUT2D eigenvalue weighted by atomic mass is 9.97. The molecular weight excluding hydrogens is 346 g/mol. The van der Waals surface area contributed by atoms with E-state index in [0.717, 1.165) is 23.4 Å². The zero-order valence-electron chi connectivity index (χ0n) is 14.7. The minimum Gasteiger partial charge on any atom is -0.302 e. The van der Waals surface area contributed by atoms with Crippen molar-refractivity contribution in [2.75, 3.05) is 24.2 Å². The molecule has 1 fully saturated rings. The lowest BCUT2D eigenvalue weighted by molar-refractivity contribution is -0.120. The molecule has 1 N–H and O–H groups in total. The molecule has 0 unspecified atom stereocenters. The highest BCUT2D eigenvalue weighted by atomic mass is 32.2. The molecular formula is C16H27N3O3S2. The molecule has 136 valence electrons. The van der Waals surface area contributed by atoms with Crippen LogP contribution in [0.5, 0.6) is 0 Å². The number of sulfonamides is 1. The van der Waals surface area contributed by atoms with Gasteiger partial charge in [-0.05, 0) is 32.6 Å². The number of carbonyl (C=O) groups excluding carboxylic acids is 1. The van der Waals surface area contributed by atoms with Gasteiger partial charge in [-0.1, -0.05) is 20.3 Å². The van der Waals surface area contributed by atoms with Crippen LogP contribution in [0.25, 0.3) is 0 Å². The molecule has 1 aromatic rings. The number of anilines is 1. The van der Waals surface area contributed by atoms with Gasteiger partial charge in [-0.2, -0.15) is 0 Å². The Bertz CT molecular complexity index is 662. The van der Waals surface area contributed by atoms with E-state index in [1.54, 1.807) is 0 Å². The molecule has 1 amide bonds.